The number of aromatic amines is 2. The molecule has 0 bridgehead atoms. The number of hydrogen-bond acceptors (Lipinski definition) is 1. The second kappa shape index (κ2) is 4.67. The summed E-state index contributed by atoms with van der Waals surface area (Å²) in [5, 5.41) is 2.36. The second-order valence-electron chi connectivity index (χ2n) is 5.01. The maximum Gasteiger partial charge on any atom is 0.119 e. The van der Waals surface area contributed by atoms with Crippen molar-refractivity contribution < 1.29 is 4.74 Å². The van der Waals surface area contributed by atoms with Gasteiger partial charge in [0.1, 0.15) is 5.75 Å². The van der Waals surface area contributed by atoms with Crippen molar-refractivity contribution in [3.8, 4) is 16.9 Å². The molecule has 104 valence electrons. The van der Waals surface area contributed by atoms with Gasteiger partial charge >= 0.3 is 0 Å². The summed E-state index contributed by atoms with van der Waals surface area (Å²) in [7, 11) is 1.69. The first kappa shape index (κ1) is 12.5. The van der Waals surface area contributed by atoms with Gasteiger partial charge in [-0.1, -0.05) is 15.9 Å². The van der Waals surface area contributed by atoms with Crippen LogP contribution in [-0.4, -0.2) is 17.1 Å². The van der Waals surface area contributed by atoms with Gasteiger partial charge in [0.05, 0.1) is 7.11 Å². The average molecular weight is 341 g/mol. The highest BCUT2D eigenvalue weighted by Gasteiger charge is 2.12. The Morgan fingerprint density at radius 1 is 0.857 bits per heavy atom. The summed E-state index contributed by atoms with van der Waals surface area (Å²) >= 11 is 3.55. The van der Waals surface area contributed by atoms with Gasteiger partial charge in [0.25, 0.3) is 0 Å². The molecule has 4 heteroatoms. The van der Waals surface area contributed by atoms with Crippen LogP contribution in [0, 0.1) is 0 Å². The smallest absolute Gasteiger partial charge is 0.119 e. The van der Waals surface area contributed by atoms with Crippen molar-refractivity contribution in [2.45, 2.75) is 0 Å². The predicted octanol–water partition coefficient (Wildman–Crippen LogP) is 5.09. The van der Waals surface area contributed by atoms with E-state index in [1.807, 2.05) is 24.4 Å². The molecule has 2 aromatic carbocycles. The number of rotatable bonds is 2. The largest absolute Gasteiger partial charge is 0.497 e. The van der Waals surface area contributed by atoms with Crippen molar-refractivity contribution in [2.75, 3.05) is 7.11 Å². The summed E-state index contributed by atoms with van der Waals surface area (Å²) in [5.41, 5.74) is 4.60. The van der Waals surface area contributed by atoms with E-state index >= 15 is 0 Å². The van der Waals surface area contributed by atoms with Crippen LogP contribution in [0.1, 0.15) is 0 Å². The van der Waals surface area contributed by atoms with E-state index < -0.39 is 0 Å². The highest BCUT2D eigenvalue weighted by Crippen LogP contribution is 2.36. The van der Waals surface area contributed by atoms with Crippen LogP contribution in [0.4, 0.5) is 0 Å². The number of hydrogen-bond donors (Lipinski definition) is 2. The van der Waals surface area contributed by atoms with E-state index in [2.05, 4.69) is 50.3 Å². The van der Waals surface area contributed by atoms with Crippen LogP contribution in [0.15, 0.2) is 53.3 Å². The van der Waals surface area contributed by atoms with Gasteiger partial charge in [-0.3, -0.25) is 0 Å². The van der Waals surface area contributed by atoms with E-state index in [0.717, 1.165) is 26.6 Å². The lowest BCUT2D eigenvalue weighted by molar-refractivity contribution is 0.415. The molecule has 0 saturated heterocycles. The fourth-order valence-corrected chi connectivity index (χ4v) is 3.13. The van der Waals surface area contributed by atoms with Crippen molar-refractivity contribution in [1.82, 2.24) is 9.97 Å². The molecule has 0 radical (unpaired) electrons. The second-order valence-corrected chi connectivity index (χ2v) is 5.92. The van der Waals surface area contributed by atoms with Gasteiger partial charge in [0.15, 0.2) is 0 Å². The van der Waals surface area contributed by atoms with E-state index in [1.54, 1.807) is 7.11 Å². The fraction of sp³-hybridized carbons (Fsp3) is 0.0588. The van der Waals surface area contributed by atoms with Crippen LogP contribution in [0.5, 0.6) is 5.75 Å². The third-order valence-corrected chi connectivity index (χ3v) is 4.32. The molecule has 2 heterocycles. The quantitative estimate of drug-likeness (QED) is 0.524. The van der Waals surface area contributed by atoms with Crippen LogP contribution in [-0.2, 0) is 0 Å². The molecule has 4 rings (SSSR count). The SMILES string of the molecule is COc1ccc2[nH]cc(-c3c[nH]c4ccc(Br)cc34)c2c1. The monoisotopic (exact) mass is 340 g/mol. The van der Waals surface area contributed by atoms with Crippen molar-refractivity contribution >= 4 is 37.7 Å². The number of benzene rings is 2. The number of aromatic nitrogens is 2. The minimum absolute atomic E-state index is 0.865. The summed E-state index contributed by atoms with van der Waals surface area (Å²) < 4.78 is 6.42. The molecule has 0 unspecified atom stereocenters. The van der Waals surface area contributed by atoms with Crippen molar-refractivity contribution in [2.24, 2.45) is 0 Å². The first-order chi connectivity index (χ1) is 10.3. The van der Waals surface area contributed by atoms with Crippen LogP contribution in [0.3, 0.4) is 0 Å². The lowest BCUT2D eigenvalue weighted by atomic mass is 10.0. The van der Waals surface area contributed by atoms with E-state index in [1.165, 1.54) is 16.5 Å². The van der Waals surface area contributed by atoms with E-state index in [0.29, 0.717) is 0 Å². The topological polar surface area (TPSA) is 40.8 Å². The first-order valence-corrected chi connectivity index (χ1v) is 7.48. The van der Waals surface area contributed by atoms with Gasteiger partial charge in [-0.25, -0.2) is 0 Å². The normalized spacial score (nSPS) is 11.3. The Balaban J connectivity index is 2.01. The molecule has 0 fully saturated rings. The highest BCUT2D eigenvalue weighted by molar-refractivity contribution is 9.10. The molecule has 0 atom stereocenters. The third kappa shape index (κ3) is 1.94. The van der Waals surface area contributed by atoms with Gasteiger partial charge in [0, 0.05) is 49.8 Å². The Labute approximate surface area is 130 Å². The Bertz CT molecular complexity index is 952. The summed E-state index contributed by atoms with van der Waals surface area (Å²) in [6.45, 7) is 0. The van der Waals surface area contributed by atoms with Crippen LogP contribution < -0.4 is 4.74 Å². The van der Waals surface area contributed by atoms with Crippen LogP contribution in [0.2, 0.25) is 0 Å². The molecule has 2 N–H and O–H groups in total. The minimum atomic E-state index is 0.865. The minimum Gasteiger partial charge on any atom is -0.497 e. The number of nitrogens with one attached hydrogen (secondary N) is 2. The first-order valence-electron chi connectivity index (χ1n) is 6.68. The predicted molar refractivity (Wildman–Crippen MR) is 89.8 cm³/mol. The third-order valence-electron chi connectivity index (χ3n) is 3.82. The van der Waals surface area contributed by atoms with Gasteiger partial charge in [0.2, 0.25) is 0 Å². The Morgan fingerprint density at radius 3 is 2.14 bits per heavy atom. The lowest BCUT2D eigenvalue weighted by Gasteiger charge is -2.02. The Hall–Kier alpha value is -2.20. The van der Waals surface area contributed by atoms with Gasteiger partial charge in [-0.05, 0) is 36.4 Å². The molecule has 2 aromatic heterocycles. The lowest BCUT2D eigenvalue weighted by Crippen LogP contribution is -1.81. The number of fused-ring (bicyclic) bond motifs is 2. The molecule has 0 aliphatic heterocycles. The van der Waals surface area contributed by atoms with Crippen LogP contribution in [0.25, 0.3) is 32.9 Å². The molecule has 0 aliphatic rings. The standard InChI is InChI=1S/C17H13BrN2O/c1-21-11-3-5-17-13(7-11)15(9-20-17)14-8-19-16-4-2-10(18)6-12(14)16/h2-9,19-20H,1H3. The van der Waals surface area contributed by atoms with E-state index in [9.17, 15) is 0 Å². The van der Waals surface area contributed by atoms with E-state index in [4.69, 9.17) is 4.74 Å². The maximum atomic E-state index is 5.34. The summed E-state index contributed by atoms with van der Waals surface area (Å²) in [4.78, 5) is 6.66. The Kier molecular flexibility index (Phi) is 2.79. The molecule has 0 amide bonds. The molecular formula is C17H13BrN2O. The molecule has 0 saturated carbocycles. The molecule has 21 heavy (non-hydrogen) atoms. The zero-order valence-electron chi connectivity index (χ0n) is 11.4. The van der Waals surface area contributed by atoms with Crippen molar-refractivity contribution in [3.63, 3.8) is 0 Å². The number of methoxy groups -OCH3 is 1. The van der Waals surface area contributed by atoms with Gasteiger partial charge < -0.3 is 14.7 Å². The molecule has 4 aromatic rings. The van der Waals surface area contributed by atoms with Crippen molar-refractivity contribution in [1.29, 1.82) is 0 Å². The number of halogens is 1. The van der Waals surface area contributed by atoms with Crippen molar-refractivity contribution in [3.05, 3.63) is 53.3 Å². The highest BCUT2D eigenvalue weighted by atomic mass is 79.9. The fourth-order valence-electron chi connectivity index (χ4n) is 2.77. The van der Waals surface area contributed by atoms with E-state index in [-0.39, 0.29) is 0 Å². The summed E-state index contributed by atoms with van der Waals surface area (Å²) in [6.07, 6.45) is 4.10. The molecule has 0 spiro atoms. The number of H-pyrrole nitrogens is 2. The average Bonchev–Trinajstić information content (AvgIpc) is 3.09. The van der Waals surface area contributed by atoms with Gasteiger partial charge in [-0.2, -0.15) is 0 Å². The van der Waals surface area contributed by atoms with Gasteiger partial charge in [-0.15, -0.1) is 0 Å². The molecular weight excluding hydrogens is 328 g/mol. The molecule has 3 nitrogen and oxygen atoms in total. The van der Waals surface area contributed by atoms with Crippen LogP contribution >= 0.6 is 15.9 Å². The number of ether oxygens (including phenoxy) is 1. The maximum absolute atomic E-state index is 5.34. The summed E-state index contributed by atoms with van der Waals surface area (Å²) in [6, 6.07) is 12.3. The zero-order valence-corrected chi connectivity index (χ0v) is 13.0. The zero-order chi connectivity index (χ0) is 14.4. The summed E-state index contributed by atoms with van der Waals surface area (Å²) in [5.74, 6) is 0.865. The Morgan fingerprint density at radius 2 is 1.48 bits per heavy atom. The molecule has 0 aliphatic carbocycles.